The van der Waals surface area contributed by atoms with Crippen LogP contribution in [0.2, 0.25) is 10.0 Å². The quantitative estimate of drug-likeness (QED) is 0.637. The van der Waals surface area contributed by atoms with Crippen LogP contribution in [-0.4, -0.2) is 41.1 Å². The number of benzene rings is 1. The topological polar surface area (TPSA) is 80.0 Å². The van der Waals surface area contributed by atoms with Gasteiger partial charge in [-0.05, 0) is 49.4 Å². The van der Waals surface area contributed by atoms with Gasteiger partial charge in [-0.1, -0.05) is 29.3 Å². The number of hydrogen-bond donors (Lipinski definition) is 2. The lowest BCUT2D eigenvalue weighted by molar-refractivity contribution is 0.247. The number of rotatable bonds is 2. The fourth-order valence-electron chi connectivity index (χ4n) is 4.56. The number of anilines is 2. The number of aromatic nitrogens is 3. The SMILES string of the molecule is Nc1ncc2cc(-c3c(Cl)cccc3Cl)c(N3CCC4(CCNC4)CC3)nc2n1. The lowest BCUT2D eigenvalue weighted by Crippen LogP contribution is -2.41. The van der Waals surface area contributed by atoms with Gasteiger partial charge in [0.05, 0.1) is 10.0 Å². The Morgan fingerprint density at radius 1 is 1.07 bits per heavy atom. The molecule has 6 nitrogen and oxygen atoms in total. The van der Waals surface area contributed by atoms with Gasteiger partial charge in [0.25, 0.3) is 0 Å². The molecular formula is C21H22Cl2N6. The molecule has 0 aliphatic carbocycles. The third-order valence-electron chi connectivity index (χ3n) is 6.25. The molecule has 150 valence electrons. The van der Waals surface area contributed by atoms with Crippen molar-refractivity contribution in [1.82, 2.24) is 20.3 Å². The van der Waals surface area contributed by atoms with Crippen molar-refractivity contribution in [3.05, 3.63) is 40.5 Å². The molecule has 0 saturated carbocycles. The van der Waals surface area contributed by atoms with E-state index in [0.29, 0.717) is 21.1 Å². The highest BCUT2D eigenvalue weighted by molar-refractivity contribution is 6.39. The third kappa shape index (κ3) is 3.39. The highest BCUT2D eigenvalue weighted by atomic mass is 35.5. The first-order valence-electron chi connectivity index (χ1n) is 9.88. The van der Waals surface area contributed by atoms with Crippen LogP contribution >= 0.6 is 23.2 Å². The van der Waals surface area contributed by atoms with Crippen molar-refractivity contribution >= 4 is 46.0 Å². The summed E-state index contributed by atoms with van der Waals surface area (Å²) in [6, 6.07) is 7.58. The van der Waals surface area contributed by atoms with Crippen LogP contribution in [0.5, 0.6) is 0 Å². The summed E-state index contributed by atoms with van der Waals surface area (Å²) >= 11 is 13.1. The van der Waals surface area contributed by atoms with Crippen molar-refractivity contribution in [1.29, 1.82) is 0 Å². The van der Waals surface area contributed by atoms with Crippen LogP contribution in [0.25, 0.3) is 22.2 Å². The Morgan fingerprint density at radius 3 is 2.52 bits per heavy atom. The van der Waals surface area contributed by atoms with E-state index < -0.39 is 0 Å². The Morgan fingerprint density at radius 2 is 1.83 bits per heavy atom. The molecule has 8 heteroatoms. The summed E-state index contributed by atoms with van der Waals surface area (Å²) in [5, 5.41) is 5.53. The Balaban J connectivity index is 1.63. The maximum Gasteiger partial charge on any atom is 0.222 e. The van der Waals surface area contributed by atoms with Crippen molar-refractivity contribution in [2.24, 2.45) is 5.41 Å². The Bertz CT molecular complexity index is 1050. The summed E-state index contributed by atoms with van der Waals surface area (Å²) in [6.45, 7) is 4.11. The molecule has 3 aromatic rings. The summed E-state index contributed by atoms with van der Waals surface area (Å²) < 4.78 is 0. The van der Waals surface area contributed by atoms with Crippen LogP contribution in [0.15, 0.2) is 30.5 Å². The average molecular weight is 429 g/mol. The Hall–Kier alpha value is -2.15. The van der Waals surface area contributed by atoms with Gasteiger partial charge in [0.1, 0.15) is 5.82 Å². The number of nitrogens with one attached hydrogen (secondary N) is 1. The second-order valence-electron chi connectivity index (χ2n) is 8.01. The number of piperidine rings is 1. The van der Waals surface area contributed by atoms with Gasteiger partial charge in [0.2, 0.25) is 5.95 Å². The molecule has 2 aliphatic rings. The highest BCUT2D eigenvalue weighted by Crippen LogP contribution is 2.43. The molecule has 0 bridgehead atoms. The Kier molecular flexibility index (Phi) is 4.73. The highest BCUT2D eigenvalue weighted by Gasteiger charge is 2.38. The first-order chi connectivity index (χ1) is 14.0. The van der Waals surface area contributed by atoms with Crippen LogP contribution in [0.1, 0.15) is 19.3 Å². The van der Waals surface area contributed by atoms with Crippen LogP contribution in [0.3, 0.4) is 0 Å². The molecule has 3 N–H and O–H groups in total. The second-order valence-corrected chi connectivity index (χ2v) is 8.83. The molecule has 2 saturated heterocycles. The number of nitrogens with two attached hydrogens (primary N) is 1. The van der Waals surface area contributed by atoms with E-state index in [1.54, 1.807) is 6.20 Å². The number of pyridine rings is 1. The minimum Gasteiger partial charge on any atom is -0.368 e. The normalized spacial score (nSPS) is 18.6. The molecule has 4 heterocycles. The fourth-order valence-corrected chi connectivity index (χ4v) is 5.16. The molecule has 2 aromatic heterocycles. The molecule has 2 fully saturated rings. The number of halogens is 2. The first kappa shape index (κ1) is 18.9. The van der Waals surface area contributed by atoms with E-state index in [1.807, 2.05) is 24.3 Å². The number of nitrogen functional groups attached to an aromatic ring is 1. The molecule has 1 spiro atoms. The van der Waals surface area contributed by atoms with E-state index in [9.17, 15) is 0 Å². The van der Waals surface area contributed by atoms with E-state index >= 15 is 0 Å². The van der Waals surface area contributed by atoms with Crippen molar-refractivity contribution in [2.75, 3.05) is 36.8 Å². The average Bonchev–Trinajstić information content (AvgIpc) is 3.16. The van der Waals surface area contributed by atoms with E-state index in [0.717, 1.165) is 61.4 Å². The van der Waals surface area contributed by atoms with Crippen LogP contribution in [0.4, 0.5) is 11.8 Å². The first-order valence-corrected chi connectivity index (χ1v) is 10.6. The summed E-state index contributed by atoms with van der Waals surface area (Å²) in [5.74, 6) is 1.07. The van der Waals surface area contributed by atoms with Crippen molar-refractivity contribution in [3.63, 3.8) is 0 Å². The van der Waals surface area contributed by atoms with Gasteiger partial charge in [-0.25, -0.2) is 9.97 Å². The maximum atomic E-state index is 6.56. The minimum absolute atomic E-state index is 0.217. The van der Waals surface area contributed by atoms with Gasteiger partial charge >= 0.3 is 0 Å². The lowest BCUT2D eigenvalue weighted by Gasteiger charge is -2.40. The largest absolute Gasteiger partial charge is 0.368 e. The third-order valence-corrected chi connectivity index (χ3v) is 6.88. The summed E-state index contributed by atoms with van der Waals surface area (Å²) in [4.78, 5) is 15.7. The van der Waals surface area contributed by atoms with Gasteiger partial charge in [-0.3, -0.25) is 0 Å². The monoisotopic (exact) mass is 428 g/mol. The van der Waals surface area contributed by atoms with Gasteiger partial charge in [0, 0.05) is 42.3 Å². The summed E-state index contributed by atoms with van der Waals surface area (Å²) in [6.07, 6.45) is 5.22. The van der Waals surface area contributed by atoms with E-state index in [4.69, 9.17) is 33.9 Å². The Labute approximate surface area is 179 Å². The zero-order chi connectivity index (χ0) is 20.0. The van der Waals surface area contributed by atoms with Crippen LogP contribution < -0.4 is 16.0 Å². The molecule has 0 amide bonds. The molecule has 0 atom stereocenters. The van der Waals surface area contributed by atoms with E-state index in [-0.39, 0.29) is 5.95 Å². The van der Waals surface area contributed by atoms with Crippen LogP contribution in [0, 0.1) is 5.41 Å². The molecular weight excluding hydrogens is 407 g/mol. The van der Waals surface area contributed by atoms with Gasteiger partial charge in [-0.15, -0.1) is 0 Å². The number of fused-ring (bicyclic) bond motifs is 1. The van der Waals surface area contributed by atoms with E-state index in [2.05, 4.69) is 20.2 Å². The molecule has 5 rings (SSSR count). The number of nitrogens with zero attached hydrogens (tertiary/aromatic N) is 4. The summed E-state index contributed by atoms with van der Waals surface area (Å²) in [5.41, 5.74) is 8.50. The zero-order valence-corrected chi connectivity index (χ0v) is 17.5. The van der Waals surface area contributed by atoms with Crippen molar-refractivity contribution in [2.45, 2.75) is 19.3 Å². The molecule has 1 aromatic carbocycles. The molecule has 0 unspecified atom stereocenters. The van der Waals surface area contributed by atoms with Crippen molar-refractivity contribution in [3.8, 4) is 11.1 Å². The van der Waals surface area contributed by atoms with Crippen LogP contribution in [-0.2, 0) is 0 Å². The smallest absolute Gasteiger partial charge is 0.222 e. The second kappa shape index (κ2) is 7.27. The maximum absolute atomic E-state index is 6.56. The van der Waals surface area contributed by atoms with E-state index in [1.165, 1.54) is 6.42 Å². The van der Waals surface area contributed by atoms with Crippen molar-refractivity contribution < 1.29 is 0 Å². The standard InChI is InChI=1S/C21H22Cl2N6/c22-15-2-1-3-16(23)17(15)14-10-13-11-26-20(24)28-18(13)27-19(14)29-8-5-21(6-9-29)4-7-25-12-21/h1-3,10-11,25H,4-9,12H2,(H2,24,26,27,28). The predicted molar refractivity (Wildman–Crippen MR) is 119 cm³/mol. The minimum atomic E-state index is 0.217. The fraction of sp³-hybridized carbons (Fsp3) is 0.381. The zero-order valence-electron chi connectivity index (χ0n) is 16.0. The van der Waals surface area contributed by atoms with Gasteiger partial charge in [-0.2, -0.15) is 4.98 Å². The molecule has 2 aliphatic heterocycles. The van der Waals surface area contributed by atoms with Gasteiger partial charge < -0.3 is 16.0 Å². The number of hydrogen-bond acceptors (Lipinski definition) is 6. The summed E-state index contributed by atoms with van der Waals surface area (Å²) in [7, 11) is 0. The molecule has 0 radical (unpaired) electrons. The molecule has 29 heavy (non-hydrogen) atoms. The predicted octanol–water partition coefficient (Wildman–Crippen LogP) is 4.16. The van der Waals surface area contributed by atoms with Gasteiger partial charge in [0.15, 0.2) is 5.65 Å². The lowest BCUT2D eigenvalue weighted by atomic mass is 9.78.